The number of carbonyl (C=O) groups is 3. The van der Waals surface area contributed by atoms with Crippen LogP contribution in [0.1, 0.15) is 35.7 Å². The van der Waals surface area contributed by atoms with E-state index in [4.69, 9.17) is 4.74 Å². The van der Waals surface area contributed by atoms with Crippen LogP contribution >= 0.6 is 15.9 Å². The molecule has 3 heterocycles. The van der Waals surface area contributed by atoms with Crippen molar-refractivity contribution in [1.29, 1.82) is 0 Å². The lowest BCUT2D eigenvalue weighted by atomic mass is 10.0. The molecule has 1 N–H and O–H groups in total. The van der Waals surface area contributed by atoms with Crippen LogP contribution < -0.4 is 19.9 Å². The van der Waals surface area contributed by atoms with E-state index in [2.05, 4.69) is 66.3 Å². The van der Waals surface area contributed by atoms with Gasteiger partial charge in [-0.3, -0.25) is 24.6 Å². The summed E-state index contributed by atoms with van der Waals surface area (Å²) in [6.45, 7) is 8.23. The Bertz CT molecular complexity index is 1190. The summed E-state index contributed by atoms with van der Waals surface area (Å²) in [6.07, 6.45) is 1.57. The number of anilines is 2. The number of imide groups is 1. The van der Waals surface area contributed by atoms with Crippen LogP contribution in [-0.2, 0) is 16.1 Å². The maximum atomic E-state index is 13.3. The first-order valence-electron chi connectivity index (χ1n) is 13.2. The molecule has 3 aliphatic heterocycles. The Kier molecular flexibility index (Phi) is 7.90. The normalized spacial score (nSPS) is 18.7. The van der Waals surface area contributed by atoms with Crippen LogP contribution in [0.25, 0.3) is 0 Å². The van der Waals surface area contributed by atoms with E-state index >= 15 is 0 Å². The van der Waals surface area contributed by atoms with Crippen LogP contribution in [0, 0.1) is 0 Å². The monoisotopic (exact) mass is 583 g/mol. The van der Waals surface area contributed by atoms with Gasteiger partial charge in [0.25, 0.3) is 5.91 Å². The molecule has 9 nitrogen and oxygen atoms in total. The zero-order valence-electron chi connectivity index (χ0n) is 21.9. The average molecular weight is 585 g/mol. The third kappa shape index (κ3) is 5.11. The minimum atomic E-state index is -0.692. The molecule has 0 radical (unpaired) electrons. The van der Waals surface area contributed by atoms with Crippen LogP contribution in [-0.4, -0.2) is 86.5 Å². The average Bonchev–Trinajstić information content (AvgIpc) is 3.23. The van der Waals surface area contributed by atoms with Crippen LogP contribution in [0.2, 0.25) is 0 Å². The molecule has 0 saturated carbocycles. The van der Waals surface area contributed by atoms with Gasteiger partial charge in [0.15, 0.2) is 0 Å². The number of fused-ring (bicyclic) bond motifs is 1. The number of halogens is 1. The van der Waals surface area contributed by atoms with Crippen molar-refractivity contribution in [3.8, 4) is 5.75 Å². The van der Waals surface area contributed by atoms with Gasteiger partial charge in [-0.1, -0.05) is 29.3 Å². The molecule has 2 saturated heterocycles. The van der Waals surface area contributed by atoms with Gasteiger partial charge in [0, 0.05) is 73.8 Å². The second-order valence-electron chi connectivity index (χ2n) is 10.1. The van der Waals surface area contributed by atoms with Crippen molar-refractivity contribution in [2.75, 3.05) is 56.2 Å². The molecule has 2 fully saturated rings. The topological polar surface area (TPSA) is 85.4 Å². The van der Waals surface area contributed by atoms with Crippen LogP contribution in [0.15, 0.2) is 40.9 Å². The molecule has 0 aliphatic carbocycles. The van der Waals surface area contributed by atoms with Gasteiger partial charge in [0.05, 0.1) is 12.7 Å². The van der Waals surface area contributed by atoms with Gasteiger partial charge in [-0.05, 0) is 42.3 Å². The van der Waals surface area contributed by atoms with Gasteiger partial charge in [-0.15, -0.1) is 0 Å². The van der Waals surface area contributed by atoms with E-state index in [1.807, 2.05) is 13.0 Å². The van der Waals surface area contributed by atoms with Crippen LogP contribution in [0.4, 0.5) is 11.4 Å². The minimum absolute atomic E-state index is 0.229. The summed E-state index contributed by atoms with van der Waals surface area (Å²) in [5, 5.41) is 2.22. The first kappa shape index (κ1) is 26.5. The fourth-order valence-corrected chi connectivity index (χ4v) is 6.03. The Hall–Kier alpha value is -3.11. The molecular formula is C28H34BrN5O4. The highest BCUT2D eigenvalue weighted by atomic mass is 79.9. The number of ether oxygens (including phenoxy) is 1. The summed E-state index contributed by atoms with van der Waals surface area (Å²) in [7, 11) is 1.57. The summed E-state index contributed by atoms with van der Waals surface area (Å²) in [6, 6.07) is 12.3. The fourth-order valence-electron chi connectivity index (χ4n) is 5.77. The lowest BCUT2D eigenvalue weighted by Crippen LogP contribution is -2.63. The highest BCUT2D eigenvalue weighted by Crippen LogP contribution is 2.38. The maximum Gasteiger partial charge on any atom is 0.258 e. The number of rotatable bonds is 9. The van der Waals surface area contributed by atoms with Crippen molar-refractivity contribution in [2.24, 2.45) is 0 Å². The predicted molar refractivity (Wildman–Crippen MR) is 150 cm³/mol. The van der Waals surface area contributed by atoms with E-state index in [1.54, 1.807) is 12.0 Å². The molecule has 2 aromatic carbocycles. The van der Waals surface area contributed by atoms with Gasteiger partial charge in [0.2, 0.25) is 12.3 Å². The molecule has 1 atom stereocenters. The molecule has 3 amide bonds. The van der Waals surface area contributed by atoms with E-state index in [0.29, 0.717) is 43.2 Å². The third-order valence-electron chi connectivity index (χ3n) is 7.90. The molecule has 5 rings (SSSR count). The Morgan fingerprint density at radius 1 is 1.11 bits per heavy atom. The Labute approximate surface area is 231 Å². The van der Waals surface area contributed by atoms with Crippen molar-refractivity contribution in [2.45, 2.75) is 38.4 Å². The zero-order chi connectivity index (χ0) is 26.8. The predicted octanol–water partition coefficient (Wildman–Crippen LogP) is 2.87. The molecule has 202 valence electrons. The van der Waals surface area contributed by atoms with Crippen LogP contribution in [0.5, 0.6) is 5.75 Å². The summed E-state index contributed by atoms with van der Waals surface area (Å²) >= 11 is 3.51. The molecule has 0 spiro atoms. The van der Waals surface area contributed by atoms with E-state index in [9.17, 15) is 14.4 Å². The van der Waals surface area contributed by atoms with Crippen molar-refractivity contribution in [3.63, 3.8) is 0 Å². The first-order chi connectivity index (χ1) is 18.4. The van der Waals surface area contributed by atoms with Gasteiger partial charge >= 0.3 is 0 Å². The van der Waals surface area contributed by atoms with Gasteiger partial charge in [-0.25, -0.2) is 0 Å². The molecule has 1 unspecified atom stereocenters. The maximum absolute atomic E-state index is 13.3. The summed E-state index contributed by atoms with van der Waals surface area (Å²) in [5.74, 6) is -0.149. The molecule has 3 aliphatic rings. The summed E-state index contributed by atoms with van der Waals surface area (Å²) < 4.78 is 6.73. The van der Waals surface area contributed by atoms with E-state index < -0.39 is 11.9 Å². The highest BCUT2D eigenvalue weighted by Gasteiger charge is 2.40. The smallest absolute Gasteiger partial charge is 0.258 e. The number of benzene rings is 2. The quantitative estimate of drug-likeness (QED) is 0.454. The van der Waals surface area contributed by atoms with E-state index in [-0.39, 0.29) is 5.91 Å². The molecule has 0 bridgehead atoms. The zero-order valence-corrected chi connectivity index (χ0v) is 23.4. The Balaban J connectivity index is 1.23. The van der Waals surface area contributed by atoms with Crippen molar-refractivity contribution in [1.82, 2.24) is 15.1 Å². The molecule has 2 aromatic rings. The van der Waals surface area contributed by atoms with Gasteiger partial charge in [-0.2, -0.15) is 0 Å². The van der Waals surface area contributed by atoms with Crippen molar-refractivity contribution < 1.29 is 19.1 Å². The number of nitrogens with zero attached hydrogens (tertiary/aromatic N) is 4. The molecule has 0 aromatic heterocycles. The van der Waals surface area contributed by atoms with E-state index in [1.165, 1.54) is 5.69 Å². The Morgan fingerprint density at radius 3 is 2.45 bits per heavy atom. The third-order valence-corrected chi connectivity index (χ3v) is 8.42. The number of piperazine rings is 1. The largest absolute Gasteiger partial charge is 0.496 e. The number of amides is 3. The molecule has 10 heteroatoms. The molecule has 38 heavy (non-hydrogen) atoms. The SMILES string of the molecule is CCCC(C(=O)NC=O)N1Cc2cc(N3CC(N4CCN(c5ccc(Br)cc5)CC4)C3)cc(OC)c2C1=O. The van der Waals surface area contributed by atoms with Crippen molar-refractivity contribution >= 4 is 45.5 Å². The first-order valence-corrected chi connectivity index (χ1v) is 14.0. The second kappa shape index (κ2) is 11.3. The van der Waals surface area contributed by atoms with Crippen molar-refractivity contribution in [3.05, 3.63) is 52.0 Å². The Morgan fingerprint density at radius 2 is 1.82 bits per heavy atom. The highest BCUT2D eigenvalue weighted by molar-refractivity contribution is 9.10. The lowest BCUT2D eigenvalue weighted by molar-refractivity contribution is -0.129. The standard InChI is InChI=1S/C28H34BrN5O4/c1-3-4-24(27(36)30-18-35)34-15-19-13-22(14-25(38-2)26(19)28(34)37)33-16-23(17-33)32-11-9-31(10-12-32)21-7-5-20(29)6-8-21/h5-8,13-14,18,23-24H,3-4,9-12,15-17H2,1-2H3,(H,30,35,36). The summed E-state index contributed by atoms with van der Waals surface area (Å²) in [4.78, 5) is 45.6. The number of hydrogen-bond acceptors (Lipinski definition) is 7. The van der Waals surface area contributed by atoms with Gasteiger partial charge in [0.1, 0.15) is 11.8 Å². The minimum Gasteiger partial charge on any atom is -0.496 e. The van der Waals surface area contributed by atoms with Gasteiger partial charge < -0.3 is 19.4 Å². The van der Waals surface area contributed by atoms with E-state index in [0.717, 1.165) is 55.0 Å². The second-order valence-corrected chi connectivity index (χ2v) is 11.0. The van der Waals surface area contributed by atoms with Crippen LogP contribution in [0.3, 0.4) is 0 Å². The number of hydrogen-bond donors (Lipinski definition) is 1. The number of carbonyl (C=O) groups excluding carboxylic acids is 3. The summed E-state index contributed by atoms with van der Waals surface area (Å²) in [5.41, 5.74) is 3.67. The number of nitrogens with one attached hydrogen (secondary N) is 1. The molecular weight excluding hydrogens is 550 g/mol. The number of methoxy groups -OCH3 is 1. The lowest BCUT2D eigenvalue weighted by Gasteiger charge is -2.49. The fraction of sp³-hybridized carbons (Fsp3) is 0.464.